The van der Waals surface area contributed by atoms with Crippen LogP contribution in [0.15, 0.2) is 23.6 Å². The SMILES string of the molecule is CC(N)c1csc2c(C(F)(F)F)cccc12. The molecular weight excluding hydrogens is 235 g/mol. The van der Waals surface area contributed by atoms with E-state index in [2.05, 4.69) is 0 Å². The first-order valence-corrected chi connectivity index (χ1v) is 5.62. The van der Waals surface area contributed by atoms with E-state index in [1.54, 1.807) is 18.4 Å². The number of nitrogens with two attached hydrogens (primary N) is 1. The van der Waals surface area contributed by atoms with Crippen molar-refractivity contribution in [2.45, 2.75) is 19.1 Å². The predicted molar refractivity (Wildman–Crippen MR) is 59.4 cm³/mol. The van der Waals surface area contributed by atoms with E-state index in [4.69, 9.17) is 5.73 Å². The van der Waals surface area contributed by atoms with Crippen LogP contribution in [0.3, 0.4) is 0 Å². The van der Waals surface area contributed by atoms with E-state index in [9.17, 15) is 13.2 Å². The van der Waals surface area contributed by atoms with Gasteiger partial charge < -0.3 is 5.73 Å². The van der Waals surface area contributed by atoms with Gasteiger partial charge in [0.2, 0.25) is 0 Å². The highest BCUT2D eigenvalue weighted by molar-refractivity contribution is 7.17. The molecule has 2 aromatic rings. The molecule has 0 amide bonds. The van der Waals surface area contributed by atoms with Crippen LogP contribution >= 0.6 is 11.3 Å². The molecule has 0 saturated heterocycles. The summed E-state index contributed by atoms with van der Waals surface area (Å²) in [5.41, 5.74) is 5.90. The summed E-state index contributed by atoms with van der Waals surface area (Å²) in [5.74, 6) is 0. The Labute approximate surface area is 94.7 Å². The van der Waals surface area contributed by atoms with Crippen LogP contribution in [0.1, 0.15) is 24.1 Å². The molecule has 5 heteroatoms. The first-order valence-electron chi connectivity index (χ1n) is 4.74. The molecule has 0 aliphatic carbocycles. The fraction of sp³-hybridized carbons (Fsp3) is 0.273. The van der Waals surface area contributed by atoms with Crippen LogP contribution in [-0.2, 0) is 6.18 Å². The van der Waals surface area contributed by atoms with Crippen molar-refractivity contribution in [1.29, 1.82) is 0 Å². The van der Waals surface area contributed by atoms with E-state index in [1.165, 1.54) is 6.07 Å². The maximum atomic E-state index is 12.7. The van der Waals surface area contributed by atoms with Gasteiger partial charge in [-0.05, 0) is 29.3 Å². The van der Waals surface area contributed by atoms with Crippen molar-refractivity contribution in [3.05, 3.63) is 34.7 Å². The number of benzene rings is 1. The minimum absolute atomic E-state index is 0.253. The molecule has 1 unspecified atom stereocenters. The number of halogens is 3. The molecule has 1 atom stereocenters. The van der Waals surface area contributed by atoms with Crippen molar-refractivity contribution in [3.63, 3.8) is 0 Å². The summed E-state index contributed by atoms with van der Waals surface area (Å²) >= 11 is 1.10. The van der Waals surface area contributed by atoms with Crippen LogP contribution in [0.2, 0.25) is 0 Å². The van der Waals surface area contributed by atoms with E-state index in [-0.39, 0.29) is 10.7 Å². The van der Waals surface area contributed by atoms with Crippen LogP contribution in [0.25, 0.3) is 10.1 Å². The van der Waals surface area contributed by atoms with E-state index < -0.39 is 11.7 Å². The van der Waals surface area contributed by atoms with Gasteiger partial charge in [-0.3, -0.25) is 0 Å². The molecule has 0 aliphatic rings. The highest BCUT2D eigenvalue weighted by atomic mass is 32.1. The van der Waals surface area contributed by atoms with Crippen LogP contribution in [0, 0.1) is 0 Å². The van der Waals surface area contributed by atoms with Gasteiger partial charge in [0.25, 0.3) is 0 Å². The lowest BCUT2D eigenvalue weighted by atomic mass is 10.1. The normalized spacial score (nSPS) is 14.3. The van der Waals surface area contributed by atoms with Crippen LogP contribution in [0.5, 0.6) is 0 Å². The second-order valence-electron chi connectivity index (χ2n) is 3.66. The molecule has 0 aliphatic heterocycles. The Morgan fingerprint density at radius 2 is 2.00 bits per heavy atom. The maximum Gasteiger partial charge on any atom is 0.417 e. The van der Waals surface area contributed by atoms with Gasteiger partial charge in [0.15, 0.2) is 0 Å². The molecule has 0 spiro atoms. The van der Waals surface area contributed by atoms with Gasteiger partial charge in [0.05, 0.1) is 5.56 Å². The van der Waals surface area contributed by atoms with Crippen LogP contribution < -0.4 is 5.73 Å². The molecule has 0 fully saturated rings. The van der Waals surface area contributed by atoms with Crippen LogP contribution in [0.4, 0.5) is 13.2 Å². The number of alkyl halides is 3. The van der Waals surface area contributed by atoms with Gasteiger partial charge in [0.1, 0.15) is 0 Å². The lowest BCUT2D eigenvalue weighted by Gasteiger charge is -2.08. The fourth-order valence-electron chi connectivity index (χ4n) is 1.65. The molecule has 2 N–H and O–H groups in total. The van der Waals surface area contributed by atoms with Gasteiger partial charge >= 0.3 is 6.18 Å². The maximum absolute atomic E-state index is 12.7. The highest BCUT2D eigenvalue weighted by Crippen LogP contribution is 2.39. The van der Waals surface area contributed by atoms with E-state index >= 15 is 0 Å². The zero-order valence-corrected chi connectivity index (χ0v) is 9.32. The Hall–Kier alpha value is -1.07. The average molecular weight is 245 g/mol. The summed E-state index contributed by atoms with van der Waals surface area (Å²) in [5, 5.41) is 2.31. The molecule has 1 nitrogen and oxygen atoms in total. The third-order valence-corrected chi connectivity index (χ3v) is 3.47. The van der Waals surface area contributed by atoms with E-state index in [0.29, 0.717) is 5.39 Å². The minimum atomic E-state index is -4.31. The zero-order valence-electron chi connectivity index (χ0n) is 8.51. The van der Waals surface area contributed by atoms with Gasteiger partial charge in [-0.1, -0.05) is 12.1 Å². The Balaban J connectivity index is 2.72. The van der Waals surface area contributed by atoms with E-state index in [0.717, 1.165) is 23.0 Å². The summed E-state index contributed by atoms with van der Waals surface area (Å²) in [6.07, 6.45) is -4.31. The average Bonchev–Trinajstić information content (AvgIpc) is 2.58. The Morgan fingerprint density at radius 3 is 2.56 bits per heavy atom. The first-order chi connectivity index (χ1) is 7.41. The smallest absolute Gasteiger partial charge is 0.324 e. The number of thiophene rings is 1. The quantitative estimate of drug-likeness (QED) is 0.809. The monoisotopic (exact) mass is 245 g/mol. The molecule has 2 rings (SSSR count). The largest absolute Gasteiger partial charge is 0.417 e. The summed E-state index contributed by atoms with van der Waals surface area (Å²) in [6, 6.07) is 3.95. The van der Waals surface area contributed by atoms with Gasteiger partial charge in [0, 0.05) is 10.7 Å². The molecule has 1 aromatic carbocycles. The molecule has 16 heavy (non-hydrogen) atoms. The first kappa shape index (κ1) is 11.4. The number of rotatable bonds is 1. The van der Waals surface area contributed by atoms with Crippen LogP contribution in [-0.4, -0.2) is 0 Å². The molecule has 0 bridgehead atoms. The van der Waals surface area contributed by atoms with Gasteiger partial charge in [-0.15, -0.1) is 11.3 Å². The summed E-state index contributed by atoms with van der Waals surface area (Å²) in [4.78, 5) is 0. The number of hydrogen-bond donors (Lipinski definition) is 1. The predicted octanol–water partition coefficient (Wildman–Crippen LogP) is 3.94. The molecule has 0 radical (unpaired) electrons. The third-order valence-electron chi connectivity index (χ3n) is 2.43. The second kappa shape index (κ2) is 3.75. The van der Waals surface area contributed by atoms with E-state index in [1.807, 2.05) is 0 Å². The van der Waals surface area contributed by atoms with Crippen molar-refractivity contribution in [1.82, 2.24) is 0 Å². The molecule has 0 saturated carbocycles. The van der Waals surface area contributed by atoms with Crippen molar-refractivity contribution < 1.29 is 13.2 Å². The van der Waals surface area contributed by atoms with Gasteiger partial charge in [-0.2, -0.15) is 13.2 Å². The van der Waals surface area contributed by atoms with Crippen molar-refractivity contribution in [3.8, 4) is 0 Å². The minimum Gasteiger partial charge on any atom is -0.324 e. The fourth-order valence-corrected chi connectivity index (χ4v) is 2.86. The summed E-state index contributed by atoms with van der Waals surface area (Å²) in [6.45, 7) is 1.77. The van der Waals surface area contributed by atoms with Gasteiger partial charge in [-0.25, -0.2) is 0 Å². The number of fused-ring (bicyclic) bond motifs is 1. The zero-order chi connectivity index (χ0) is 11.9. The summed E-state index contributed by atoms with van der Waals surface area (Å²) in [7, 11) is 0. The number of hydrogen-bond acceptors (Lipinski definition) is 2. The van der Waals surface area contributed by atoms with Crippen molar-refractivity contribution in [2.24, 2.45) is 5.73 Å². The Morgan fingerprint density at radius 1 is 1.31 bits per heavy atom. The Bertz CT molecular complexity index is 513. The van der Waals surface area contributed by atoms with Crippen molar-refractivity contribution in [2.75, 3.05) is 0 Å². The molecule has 86 valence electrons. The molecular formula is C11H10F3NS. The van der Waals surface area contributed by atoms with Crippen molar-refractivity contribution >= 4 is 21.4 Å². The Kier molecular flexibility index (Phi) is 2.67. The lowest BCUT2D eigenvalue weighted by molar-refractivity contribution is -0.136. The molecule has 1 aromatic heterocycles. The second-order valence-corrected chi connectivity index (χ2v) is 4.54. The standard InChI is InChI=1S/C11H10F3NS/c1-6(15)8-5-16-10-7(8)3-2-4-9(10)11(12,13)14/h2-6H,15H2,1H3. The molecule has 1 heterocycles. The lowest BCUT2D eigenvalue weighted by Crippen LogP contribution is -2.06. The topological polar surface area (TPSA) is 26.0 Å². The third kappa shape index (κ3) is 1.81. The summed E-state index contributed by atoms with van der Waals surface area (Å²) < 4.78 is 38.4. The highest BCUT2D eigenvalue weighted by Gasteiger charge is 2.33.